The fourth-order valence-electron chi connectivity index (χ4n) is 2.99. The third kappa shape index (κ3) is 4.00. The Morgan fingerprint density at radius 1 is 1.00 bits per heavy atom. The zero-order valence-electron chi connectivity index (χ0n) is 15.1. The highest BCUT2D eigenvalue weighted by atomic mass is 35.5. The minimum atomic E-state index is -3.61. The van der Waals surface area contributed by atoms with Crippen LogP contribution in [0.25, 0.3) is 0 Å². The summed E-state index contributed by atoms with van der Waals surface area (Å²) >= 11 is 5.96. The molecule has 1 fully saturated rings. The van der Waals surface area contributed by atoms with Gasteiger partial charge in [0.2, 0.25) is 10.0 Å². The first-order valence-electron chi connectivity index (χ1n) is 8.52. The number of benzene rings is 2. The summed E-state index contributed by atoms with van der Waals surface area (Å²) in [4.78, 5) is 14.4. The van der Waals surface area contributed by atoms with E-state index in [2.05, 4.69) is 0 Å². The van der Waals surface area contributed by atoms with Crippen molar-refractivity contribution in [3.8, 4) is 0 Å². The summed E-state index contributed by atoms with van der Waals surface area (Å²) < 4.78 is 40.2. The summed E-state index contributed by atoms with van der Waals surface area (Å²) in [6, 6.07) is 8.68. The Morgan fingerprint density at radius 3 is 2.26 bits per heavy atom. The van der Waals surface area contributed by atoms with Crippen LogP contribution in [0.5, 0.6) is 0 Å². The van der Waals surface area contributed by atoms with Crippen LogP contribution < -0.4 is 0 Å². The molecule has 1 aliphatic rings. The van der Waals surface area contributed by atoms with Crippen molar-refractivity contribution in [1.82, 2.24) is 9.21 Å². The molecular formula is C19H20ClFN2O3S. The smallest absolute Gasteiger partial charge is 0.255 e. The summed E-state index contributed by atoms with van der Waals surface area (Å²) in [6.45, 7) is 4.68. The van der Waals surface area contributed by atoms with Crippen molar-refractivity contribution in [2.75, 3.05) is 26.2 Å². The van der Waals surface area contributed by atoms with Crippen LogP contribution in [0.1, 0.15) is 21.5 Å². The maximum Gasteiger partial charge on any atom is 0.255 e. The Morgan fingerprint density at radius 2 is 1.67 bits per heavy atom. The lowest BCUT2D eigenvalue weighted by atomic mass is 10.1. The predicted molar refractivity (Wildman–Crippen MR) is 102 cm³/mol. The average molecular weight is 411 g/mol. The largest absolute Gasteiger partial charge is 0.336 e. The van der Waals surface area contributed by atoms with Crippen LogP contribution in [0.15, 0.2) is 41.3 Å². The van der Waals surface area contributed by atoms with Gasteiger partial charge in [-0.2, -0.15) is 4.31 Å². The van der Waals surface area contributed by atoms with Gasteiger partial charge in [0.1, 0.15) is 5.82 Å². The van der Waals surface area contributed by atoms with Gasteiger partial charge in [-0.25, -0.2) is 12.8 Å². The van der Waals surface area contributed by atoms with Crippen molar-refractivity contribution in [2.24, 2.45) is 0 Å². The van der Waals surface area contributed by atoms with Crippen LogP contribution in [0, 0.1) is 19.7 Å². The fraction of sp³-hybridized carbons (Fsp3) is 0.316. The number of amides is 1. The second-order valence-electron chi connectivity index (χ2n) is 6.57. The standard InChI is InChI=1S/C19H20ClFN2O3S/c1-13-3-5-16(11-14(13)2)27(25,26)23-9-7-22(8-10-23)19(24)17-6-4-15(21)12-18(17)20/h3-6,11-12H,7-10H2,1-2H3. The van der Waals surface area contributed by atoms with E-state index in [4.69, 9.17) is 11.6 Å². The molecule has 0 saturated carbocycles. The van der Waals surface area contributed by atoms with Gasteiger partial charge in [0.15, 0.2) is 0 Å². The Bertz CT molecular complexity index is 986. The number of halogens is 2. The minimum absolute atomic E-state index is 0.0465. The molecule has 1 heterocycles. The molecule has 0 bridgehead atoms. The third-order valence-electron chi connectivity index (χ3n) is 4.80. The number of hydrogen-bond donors (Lipinski definition) is 0. The van der Waals surface area contributed by atoms with E-state index in [0.717, 1.165) is 17.2 Å². The average Bonchev–Trinajstić information content (AvgIpc) is 2.63. The van der Waals surface area contributed by atoms with Crippen LogP contribution in [-0.2, 0) is 10.0 Å². The molecule has 5 nitrogen and oxygen atoms in total. The van der Waals surface area contributed by atoms with Crippen molar-refractivity contribution < 1.29 is 17.6 Å². The maximum absolute atomic E-state index is 13.2. The highest BCUT2D eigenvalue weighted by Gasteiger charge is 2.31. The minimum Gasteiger partial charge on any atom is -0.336 e. The van der Waals surface area contributed by atoms with E-state index in [9.17, 15) is 17.6 Å². The van der Waals surface area contributed by atoms with Gasteiger partial charge in [-0.3, -0.25) is 4.79 Å². The Hall–Kier alpha value is -1.96. The van der Waals surface area contributed by atoms with E-state index in [1.165, 1.54) is 21.3 Å². The second kappa shape index (κ2) is 7.58. The molecule has 1 aliphatic heterocycles. The summed E-state index contributed by atoms with van der Waals surface area (Å²) in [5.74, 6) is -0.843. The number of piperazine rings is 1. The monoisotopic (exact) mass is 410 g/mol. The normalized spacial score (nSPS) is 15.8. The van der Waals surface area contributed by atoms with Crippen molar-refractivity contribution in [1.29, 1.82) is 0 Å². The molecule has 0 N–H and O–H groups in total. The highest BCUT2D eigenvalue weighted by Crippen LogP contribution is 2.23. The number of nitrogens with zero attached hydrogens (tertiary/aromatic N) is 2. The summed E-state index contributed by atoms with van der Waals surface area (Å²) in [7, 11) is -3.61. The van der Waals surface area contributed by atoms with Gasteiger partial charge in [0, 0.05) is 26.2 Å². The van der Waals surface area contributed by atoms with Crippen molar-refractivity contribution in [2.45, 2.75) is 18.7 Å². The van der Waals surface area contributed by atoms with Crippen LogP contribution in [0.4, 0.5) is 4.39 Å². The summed E-state index contributed by atoms with van der Waals surface area (Å²) in [5, 5.41) is 0.0465. The van der Waals surface area contributed by atoms with Crippen molar-refractivity contribution in [3.05, 3.63) is 63.9 Å². The zero-order chi connectivity index (χ0) is 19.8. The first-order valence-corrected chi connectivity index (χ1v) is 10.3. The maximum atomic E-state index is 13.2. The van der Waals surface area contributed by atoms with Gasteiger partial charge in [-0.1, -0.05) is 17.7 Å². The topological polar surface area (TPSA) is 57.7 Å². The van der Waals surface area contributed by atoms with Crippen molar-refractivity contribution >= 4 is 27.5 Å². The molecule has 27 heavy (non-hydrogen) atoms. The van der Waals surface area contributed by atoms with E-state index in [0.29, 0.717) is 0 Å². The molecule has 2 aromatic carbocycles. The Balaban J connectivity index is 1.72. The highest BCUT2D eigenvalue weighted by molar-refractivity contribution is 7.89. The molecule has 0 aromatic heterocycles. The number of carbonyl (C=O) groups excluding carboxylic acids is 1. The summed E-state index contributed by atoms with van der Waals surface area (Å²) in [5.41, 5.74) is 2.15. The number of sulfonamides is 1. The van der Waals surface area contributed by atoms with Gasteiger partial charge in [-0.05, 0) is 55.3 Å². The van der Waals surface area contributed by atoms with E-state index in [-0.39, 0.29) is 47.6 Å². The molecule has 8 heteroatoms. The molecule has 0 aliphatic carbocycles. The van der Waals surface area contributed by atoms with Gasteiger partial charge < -0.3 is 4.90 Å². The van der Waals surface area contributed by atoms with E-state index >= 15 is 0 Å². The molecule has 0 unspecified atom stereocenters. The van der Waals surface area contributed by atoms with Crippen LogP contribution in [0.3, 0.4) is 0 Å². The third-order valence-corrected chi connectivity index (χ3v) is 7.01. The first kappa shape index (κ1) is 19.8. The zero-order valence-corrected chi connectivity index (χ0v) is 16.6. The molecule has 144 valence electrons. The second-order valence-corrected chi connectivity index (χ2v) is 8.91. The van der Waals surface area contributed by atoms with Crippen LogP contribution in [0.2, 0.25) is 5.02 Å². The van der Waals surface area contributed by atoms with Crippen molar-refractivity contribution in [3.63, 3.8) is 0 Å². The molecule has 0 radical (unpaired) electrons. The molecule has 2 aromatic rings. The number of hydrogen-bond acceptors (Lipinski definition) is 3. The lowest BCUT2D eigenvalue weighted by Crippen LogP contribution is -2.50. The number of rotatable bonds is 3. The van der Waals surface area contributed by atoms with E-state index in [1.807, 2.05) is 13.8 Å². The molecule has 0 atom stereocenters. The Kier molecular flexibility index (Phi) is 5.55. The number of aryl methyl sites for hydroxylation is 2. The number of carbonyl (C=O) groups is 1. The quantitative estimate of drug-likeness (QED) is 0.780. The lowest BCUT2D eigenvalue weighted by molar-refractivity contribution is 0.0698. The van der Waals surface area contributed by atoms with Crippen LogP contribution in [-0.4, -0.2) is 49.7 Å². The SMILES string of the molecule is Cc1ccc(S(=O)(=O)N2CCN(C(=O)c3ccc(F)cc3Cl)CC2)cc1C. The van der Waals surface area contributed by atoms with E-state index < -0.39 is 15.8 Å². The van der Waals surface area contributed by atoms with Crippen LogP contribution >= 0.6 is 11.6 Å². The molecular weight excluding hydrogens is 391 g/mol. The first-order chi connectivity index (χ1) is 12.7. The molecule has 1 amide bonds. The van der Waals surface area contributed by atoms with Gasteiger partial charge >= 0.3 is 0 Å². The summed E-state index contributed by atoms with van der Waals surface area (Å²) in [6.07, 6.45) is 0. The molecule has 0 spiro atoms. The van der Waals surface area contributed by atoms with Gasteiger partial charge in [0.05, 0.1) is 15.5 Å². The van der Waals surface area contributed by atoms with Gasteiger partial charge in [-0.15, -0.1) is 0 Å². The predicted octanol–water partition coefficient (Wildman–Crippen LogP) is 3.24. The van der Waals surface area contributed by atoms with Gasteiger partial charge in [0.25, 0.3) is 5.91 Å². The molecule has 3 rings (SSSR count). The molecule has 1 saturated heterocycles. The fourth-order valence-corrected chi connectivity index (χ4v) is 4.74. The Labute approximate surface area is 163 Å². The van der Waals surface area contributed by atoms with E-state index in [1.54, 1.807) is 18.2 Å². The lowest BCUT2D eigenvalue weighted by Gasteiger charge is -2.34.